The number of aromatic nitrogens is 1. The third-order valence-corrected chi connectivity index (χ3v) is 5.97. The van der Waals surface area contributed by atoms with E-state index in [1.807, 2.05) is 29.0 Å². The number of halogens is 1. The lowest BCUT2D eigenvalue weighted by Gasteiger charge is -2.11. The molecule has 4 rings (SSSR count). The molecule has 2 aromatic rings. The summed E-state index contributed by atoms with van der Waals surface area (Å²) < 4.78 is 8.27. The highest BCUT2D eigenvalue weighted by molar-refractivity contribution is 9.10. The van der Waals surface area contributed by atoms with Crippen LogP contribution < -0.4 is 10.6 Å². The molecule has 3 heterocycles. The maximum absolute atomic E-state index is 12.4. The predicted molar refractivity (Wildman–Crippen MR) is 111 cm³/mol. The number of imide groups is 1. The van der Waals surface area contributed by atoms with E-state index in [1.54, 1.807) is 6.08 Å². The molecule has 9 heteroatoms. The summed E-state index contributed by atoms with van der Waals surface area (Å²) in [5, 5.41) is 5.69. The van der Waals surface area contributed by atoms with Gasteiger partial charge < -0.3 is 14.6 Å². The van der Waals surface area contributed by atoms with Crippen molar-refractivity contribution in [2.24, 2.45) is 0 Å². The van der Waals surface area contributed by atoms with E-state index in [-0.39, 0.29) is 23.8 Å². The molecule has 2 aliphatic rings. The van der Waals surface area contributed by atoms with E-state index >= 15 is 0 Å². The minimum absolute atomic E-state index is 0.0945. The third-order valence-electron chi connectivity index (χ3n) is 4.67. The van der Waals surface area contributed by atoms with E-state index in [0.29, 0.717) is 11.4 Å². The number of rotatable bonds is 5. The van der Waals surface area contributed by atoms with Crippen molar-refractivity contribution in [1.29, 1.82) is 0 Å². The van der Waals surface area contributed by atoms with Gasteiger partial charge in [-0.05, 0) is 48.9 Å². The molecule has 146 valence electrons. The van der Waals surface area contributed by atoms with Gasteiger partial charge in [0.15, 0.2) is 0 Å². The Morgan fingerprint density at radius 1 is 1.43 bits per heavy atom. The zero-order valence-corrected chi connectivity index (χ0v) is 17.3. The van der Waals surface area contributed by atoms with Gasteiger partial charge in [0.05, 0.1) is 11.0 Å². The second-order valence-corrected chi connectivity index (χ2v) is 8.60. The lowest BCUT2D eigenvalue weighted by Crippen LogP contribution is -2.34. The molecule has 2 aliphatic heterocycles. The van der Waals surface area contributed by atoms with Crippen LogP contribution in [0.25, 0.3) is 17.0 Å². The van der Waals surface area contributed by atoms with Crippen molar-refractivity contribution in [2.45, 2.75) is 25.5 Å². The zero-order valence-electron chi connectivity index (χ0n) is 14.9. The summed E-state index contributed by atoms with van der Waals surface area (Å²) in [6, 6.07) is 5.75. The van der Waals surface area contributed by atoms with Crippen LogP contribution in [-0.2, 0) is 20.9 Å². The molecule has 2 N–H and O–H groups in total. The fourth-order valence-corrected chi connectivity index (χ4v) is 4.38. The van der Waals surface area contributed by atoms with Crippen LogP contribution in [0.5, 0.6) is 0 Å². The minimum Gasteiger partial charge on any atom is -0.376 e. The maximum Gasteiger partial charge on any atom is 0.290 e. The van der Waals surface area contributed by atoms with Gasteiger partial charge in [-0.1, -0.05) is 15.9 Å². The van der Waals surface area contributed by atoms with E-state index < -0.39 is 5.91 Å². The summed E-state index contributed by atoms with van der Waals surface area (Å²) in [5.41, 5.74) is 1.65. The lowest BCUT2D eigenvalue weighted by molar-refractivity contribution is -0.122. The first-order valence-electron chi connectivity index (χ1n) is 8.91. The van der Waals surface area contributed by atoms with Gasteiger partial charge in [-0.2, -0.15) is 0 Å². The summed E-state index contributed by atoms with van der Waals surface area (Å²) in [6.07, 6.45) is 5.60. The van der Waals surface area contributed by atoms with Crippen LogP contribution in [0.4, 0.5) is 4.79 Å². The number of thioether (sulfide) groups is 1. The van der Waals surface area contributed by atoms with Crippen LogP contribution in [0.1, 0.15) is 18.4 Å². The largest absolute Gasteiger partial charge is 0.376 e. The number of nitrogens with one attached hydrogen (secondary N) is 2. The molecule has 2 saturated heterocycles. The van der Waals surface area contributed by atoms with Crippen LogP contribution in [0.15, 0.2) is 33.8 Å². The summed E-state index contributed by atoms with van der Waals surface area (Å²) in [6.45, 7) is 1.43. The highest BCUT2D eigenvalue weighted by Gasteiger charge is 2.25. The number of hydrogen-bond acceptors (Lipinski definition) is 5. The van der Waals surface area contributed by atoms with Gasteiger partial charge in [0.2, 0.25) is 5.91 Å². The van der Waals surface area contributed by atoms with Crippen molar-refractivity contribution in [3.8, 4) is 0 Å². The molecule has 0 spiro atoms. The third kappa shape index (κ3) is 4.16. The average Bonchev–Trinajstić information content (AvgIpc) is 3.35. The molecule has 0 bridgehead atoms. The number of fused-ring (bicyclic) bond motifs is 1. The van der Waals surface area contributed by atoms with Gasteiger partial charge in [0.1, 0.15) is 6.54 Å². The molecule has 1 aromatic heterocycles. The van der Waals surface area contributed by atoms with E-state index in [2.05, 4.69) is 26.6 Å². The van der Waals surface area contributed by atoms with Crippen molar-refractivity contribution < 1.29 is 19.1 Å². The molecule has 0 saturated carbocycles. The lowest BCUT2D eigenvalue weighted by atomic mass is 10.1. The van der Waals surface area contributed by atoms with Crippen molar-refractivity contribution in [1.82, 2.24) is 15.2 Å². The van der Waals surface area contributed by atoms with E-state index in [1.165, 1.54) is 0 Å². The van der Waals surface area contributed by atoms with Crippen molar-refractivity contribution in [3.05, 3.63) is 39.3 Å². The molecule has 28 heavy (non-hydrogen) atoms. The Labute approximate surface area is 174 Å². The monoisotopic (exact) mass is 463 g/mol. The minimum atomic E-state index is -0.403. The number of benzene rings is 1. The maximum atomic E-state index is 12.4. The Bertz CT molecular complexity index is 994. The SMILES string of the molecule is O=C(Cn1cc(/C=C2\SC(=O)NC2=O)c2cc(Br)ccc21)NC[C@@H]1CCCO1. The van der Waals surface area contributed by atoms with Crippen LogP contribution in [0.3, 0.4) is 0 Å². The first-order chi connectivity index (χ1) is 13.5. The first kappa shape index (κ1) is 19.2. The number of ether oxygens (including phenoxy) is 1. The Kier molecular flexibility index (Phi) is 5.56. The molecule has 1 aromatic carbocycles. The summed E-state index contributed by atoms with van der Waals surface area (Å²) in [4.78, 5) is 36.0. The zero-order chi connectivity index (χ0) is 19.7. The normalized spacial score (nSPS) is 20.9. The van der Waals surface area contributed by atoms with Crippen LogP contribution in [0, 0.1) is 0 Å². The van der Waals surface area contributed by atoms with Gasteiger partial charge in [0, 0.05) is 40.3 Å². The van der Waals surface area contributed by atoms with Crippen LogP contribution in [0.2, 0.25) is 0 Å². The molecule has 0 unspecified atom stereocenters. The topological polar surface area (TPSA) is 89.4 Å². The van der Waals surface area contributed by atoms with E-state index in [4.69, 9.17) is 4.74 Å². The summed E-state index contributed by atoms with van der Waals surface area (Å²) in [7, 11) is 0. The van der Waals surface area contributed by atoms with Crippen LogP contribution >= 0.6 is 27.7 Å². The Morgan fingerprint density at radius 2 is 2.29 bits per heavy atom. The number of carbonyl (C=O) groups is 3. The molecular weight excluding hydrogens is 446 g/mol. The number of amides is 3. The van der Waals surface area contributed by atoms with Crippen molar-refractivity contribution in [3.63, 3.8) is 0 Å². The first-order valence-corrected chi connectivity index (χ1v) is 10.5. The van der Waals surface area contributed by atoms with Gasteiger partial charge >= 0.3 is 0 Å². The van der Waals surface area contributed by atoms with Crippen molar-refractivity contribution in [2.75, 3.05) is 13.2 Å². The van der Waals surface area contributed by atoms with E-state index in [0.717, 1.165) is 52.1 Å². The fourth-order valence-electron chi connectivity index (χ4n) is 3.35. The molecule has 7 nitrogen and oxygen atoms in total. The Morgan fingerprint density at radius 3 is 3.00 bits per heavy atom. The van der Waals surface area contributed by atoms with E-state index in [9.17, 15) is 14.4 Å². The number of hydrogen-bond donors (Lipinski definition) is 2. The Balaban J connectivity index is 1.58. The number of nitrogens with zero attached hydrogens (tertiary/aromatic N) is 1. The molecular formula is C19H18BrN3O4S. The highest BCUT2D eigenvalue weighted by Crippen LogP contribution is 2.31. The smallest absolute Gasteiger partial charge is 0.290 e. The molecule has 2 fully saturated rings. The van der Waals surface area contributed by atoms with Crippen molar-refractivity contribution >= 4 is 61.7 Å². The molecule has 0 radical (unpaired) electrons. The predicted octanol–water partition coefficient (Wildman–Crippen LogP) is 3.02. The summed E-state index contributed by atoms with van der Waals surface area (Å²) >= 11 is 4.34. The molecule has 0 aliphatic carbocycles. The number of carbonyl (C=O) groups excluding carboxylic acids is 3. The quantitative estimate of drug-likeness (QED) is 0.665. The Hall–Kier alpha value is -2.10. The molecule has 1 atom stereocenters. The molecule has 3 amide bonds. The van der Waals surface area contributed by atoms with Gasteiger partial charge in [-0.15, -0.1) is 0 Å². The van der Waals surface area contributed by atoms with Gasteiger partial charge in [-0.3, -0.25) is 19.7 Å². The van der Waals surface area contributed by atoms with Gasteiger partial charge in [-0.25, -0.2) is 0 Å². The standard InChI is InChI=1S/C19H18BrN3O4S/c20-12-3-4-15-14(7-12)11(6-16-18(25)22-19(26)28-16)9-23(15)10-17(24)21-8-13-2-1-5-27-13/h3-4,6-7,9,13H,1-2,5,8,10H2,(H,21,24)(H,22,25,26)/b16-6-/t13-/m0/s1. The highest BCUT2D eigenvalue weighted by atomic mass is 79.9. The van der Waals surface area contributed by atoms with Crippen LogP contribution in [-0.4, -0.2) is 40.9 Å². The summed E-state index contributed by atoms with van der Waals surface area (Å²) in [5.74, 6) is -0.502. The second-order valence-electron chi connectivity index (χ2n) is 6.67. The van der Waals surface area contributed by atoms with Gasteiger partial charge in [0.25, 0.3) is 11.1 Å². The average molecular weight is 464 g/mol. The fraction of sp³-hybridized carbons (Fsp3) is 0.316. The second kappa shape index (κ2) is 8.10.